The number of carbonyl (C=O) groups excluding carboxylic acids is 1. The summed E-state index contributed by atoms with van der Waals surface area (Å²) < 4.78 is 147. The molecule has 2 aromatic rings. The Bertz CT molecular complexity index is 1640. The molecule has 2 aliphatic heterocycles. The van der Waals surface area contributed by atoms with Crippen molar-refractivity contribution in [1.29, 1.82) is 0 Å². The second kappa shape index (κ2) is 10.2. The van der Waals surface area contributed by atoms with Gasteiger partial charge in [-0.25, -0.2) is 21.2 Å². The summed E-state index contributed by atoms with van der Waals surface area (Å²) in [5, 5.41) is 0. The van der Waals surface area contributed by atoms with Crippen LogP contribution in [0.3, 0.4) is 0 Å². The molecule has 2 unspecified atom stereocenters. The number of halogens is 7. The number of nitrogens with zero attached hydrogens (tertiary/aromatic N) is 1. The van der Waals surface area contributed by atoms with Crippen LogP contribution in [0.25, 0.3) is 0 Å². The highest BCUT2D eigenvalue weighted by Gasteiger charge is 2.74. The van der Waals surface area contributed by atoms with Crippen LogP contribution in [0.2, 0.25) is 0 Å². The van der Waals surface area contributed by atoms with Crippen LogP contribution in [-0.4, -0.2) is 64.1 Å². The van der Waals surface area contributed by atoms with Gasteiger partial charge in [0.05, 0.1) is 22.4 Å². The summed E-state index contributed by atoms with van der Waals surface area (Å²) in [4.78, 5) is 14.9. The third kappa shape index (κ3) is 4.84. The molecule has 0 spiro atoms. The molecular weight excluding hydrogens is 627 g/mol. The second-order valence-electron chi connectivity index (χ2n) is 11.5. The predicted octanol–water partition coefficient (Wildman–Crippen LogP) is 5.33. The smallest absolute Gasteiger partial charge is 0.337 e. The number of amides is 1. The summed E-state index contributed by atoms with van der Waals surface area (Å²) in [7, 11) is -7.75. The summed E-state index contributed by atoms with van der Waals surface area (Å²) in [6.45, 7) is 1.56. The fourth-order valence-corrected chi connectivity index (χ4v) is 10.8. The van der Waals surface area contributed by atoms with Gasteiger partial charge in [-0.15, -0.1) is 0 Å². The van der Waals surface area contributed by atoms with Crippen molar-refractivity contribution in [1.82, 2.24) is 4.90 Å². The molecule has 0 saturated carbocycles. The average molecular weight is 656 g/mol. The van der Waals surface area contributed by atoms with Gasteiger partial charge in [0.2, 0.25) is 5.91 Å². The predicted molar refractivity (Wildman–Crippen MR) is 141 cm³/mol. The number of fused-ring (bicyclic) bond motifs is 3. The highest BCUT2D eigenvalue weighted by atomic mass is 32.2. The molecule has 5 rings (SSSR count). The van der Waals surface area contributed by atoms with Crippen LogP contribution >= 0.6 is 0 Å². The lowest BCUT2D eigenvalue weighted by molar-refractivity contribution is -0.348. The highest BCUT2D eigenvalue weighted by molar-refractivity contribution is 7.92. The Balaban J connectivity index is 1.66. The Morgan fingerprint density at radius 2 is 1.56 bits per heavy atom. The van der Waals surface area contributed by atoms with Crippen molar-refractivity contribution >= 4 is 25.6 Å². The van der Waals surface area contributed by atoms with E-state index in [2.05, 4.69) is 0 Å². The first-order chi connectivity index (χ1) is 19.8. The van der Waals surface area contributed by atoms with E-state index in [0.29, 0.717) is 17.7 Å². The fourth-order valence-electron chi connectivity index (χ4n) is 6.86. The van der Waals surface area contributed by atoms with E-state index < -0.39 is 65.9 Å². The number of benzene rings is 2. The van der Waals surface area contributed by atoms with E-state index in [4.69, 9.17) is 0 Å². The molecule has 2 heterocycles. The molecule has 0 N–H and O–H groups in total. The molecule has 0 radical (unpaired) electrons. The summed E-state index contributed by atoms with van der Waals surface area (Å²) >= 11 is 0. The monoisotopic (exact) mass is 655 g/mol. The maximum Gasteiger partial charge on any atom is 0.435 e. The van der Waals surface area contributed by atoms with Crippen LogP contribution in [0.4, 0.5) is 30.7 Å². The van der Waals surface area contributed by atoms with Gasteiger partial charge in [0, 0.05) is 18.0 Å². The SMILES string of the molecule is Cc1cccc(S(=O)(=O)C23CCN(C(=O)C4CCS(=O)(=O)CC4)C2CCc2cc(C(F)(C(F)(F)F)C(F)(F)F)ccc23)c1. The van der Waals surface area contributed by atoms with E-state index in [1.807, 2.05) is 0 Å². The number of hydrogen-bond acceptors (Lipinski definition) is 5. The van der Waals surface area contributed by atoms with Crippen molar-refractivity contribution in [3.05, 3.63) is 64.7 Å². The van der Waals surface area contributed by atoms with Gasteiger partial charge in [0.15, 0.2) is 9.84 Å². The normalized spacial score (nSPS) is 24.8. The molecule has 1 amide bonds. The van der Waals surface area contributed by atoms with E-state index in [-0.39, 0.29) is 66.2 Å². The molecule has 2 atom stereocenters. The molecule has 15 heteroatoms. The van der Waals surface area contributed by atoms with Crippen molar-refractivity contribution in [2.75, 3.05) is 18.1 Å². The Hall–Kier alpha value is -2.68. The van der Waals surface area contributed by atoms with Gasteiger partial charge in [0.1, 0.15) is 14.6 Å². The van der Waals surface area contributed by atoms with Crippen molar-refractivity contribution in [3.8, 4) is 0 Å². The van der Waals surface area contributed by atoms with Crippen molar-refractivity contribution in [2.45, 2.75) is 72.7 Å². The van der Waals surface area contributed by atoms with Crippen molar-refractivity contribution in [2.24, 2.45) is 5.92 Å². The summed E-state index contributed by atoms with van der Waals surface area (Å²) in [6.07, 6.45) is -13.1. The molecule has 0 bridgehead atoms. The van der Waals surface area contributed by atoms with Crippen LogP contribution in [0.15, 0.2) is 47.4 Å². The molecule has 3 aliphatic rings. The van der Waals surface area contributed by atoms with Gasteiger partial charge in [-0.1, -0.05) is 30.3 Å². The van der Waals surface area contributed by atoms with Crippen molar-refractivity contribution < 1.29 is 52.4 Å². The highest BCUT2D eigenvalue weighted by Crippen LogP contribution is 2.57. The number of sulfone groups is 2. The zero-order valence-corrected chi connectivity index (χ0v) is 24.4. The summed E-state index contributed by atoms with van der Waals surface area (Å²) in [5.74, 6) is -1.54. The standard InChI is InChI=1S/C28H28F7NO5S2/c1-17-3-2-4-21(15-17)43(40,41)25-11-12-36(24(37)18-9-13-42(38,39)14-10-18)23(25)8-5-19-16-20(6-7-22(19)25)26(29,27(30,31)32)28(33,34)35/h2-4,6-7,15-16,18,23H,5,8-14H2,1H3. The summed E-state index contributed by atoms with van der Waals surface area (Å²) in [5.41, 5.74) is -7.08. The minimum atomic E-state index is -6.34. The van der Waals surface area contributed by atoms with Gasteiger partial charge in [-0.2, -0.15) is 26.3 Å². The summed E-state index contributed by atoms with van der Waals surface area (Å²) in [6, 6.07) is 6.40. The van der Waals surface area contributed by atoms with E-state index in [0.717, 1.165) is 6.07 Å². The van der Waals surface area contributed by atoms with E-state index in [1.54, 1.807) is 13.0 Å². The quantitative estimate of drug-likeness (QED) is 0.416. The first-order valence-corrected chi connectivity index (χ1v) is 16.9. The van der Waals surface area contributed by atoms with Gasteiger partial charge in [-0.05, 0) is 67.9 Å². The van der Waals surface area contributed by atoms with Crippen LogP contribution in [0, 0.1) is 12.8 Å². The first kappa shape index (κ1) is 31.7. The largest absolute Gasteiger partial charge is 0.435 e. The van der Waals surface area contributed by atoms with Crippen LogP contribution in [-0.2, 0) is 41.3 Å². The zero-order valence-electron chi connectivity index (χ0n) is 22.8. The molecule has 1 aliphatic carbocycles. The molecule has 236 valence electrons. The molecule has 43 heavy (non-hydrogen) atoms. The zero-order chi connectivity index (χ0) is 31.8. The minimum Gasteiger partial charge on any atom is -0.337 e. The average Bonchev–Trinajstić information content (AvgIpc) is 3.32. The van der Waals surface area contributed by atoms with E-state index in [9.17, 15) is 52.4 Å². The molecule has 0 aromatic heterocycles. The maximum atomic E-state index is 15.0. The second-order valence-corrected chi connectivity index (χ2v) is 16.0. The number of carbonyl (C=O) groups is 1. The topological polar surface area (TPSA) is 88.6 Å². The fraction of sp³-hybridized carbons (Fsp3) is 0.536. The minimum absolute atomic E-state index is 0.0510. The molecule has 2 aromatic carbocycles. The third-order valence-corrected chi connectivity index (χ3v) is 13.3. The lowest BCUT2D eigenvalue weighted by Gasteiger charge is -2.43. The van der Waals surface area contributed by atoms with Crippen LogP contribution in [0.5, 0.6) is 0 Å². The lowest BCUT2D eigenvalue weighted by atomic mass is 9.76. The van der Waals surface area contributed by atoms with E-state index >= 15 is 0 Å². The number of alkyl halides is 7. The van der Waals surface area contributed by atoms with Gasteiger partial charge in [-0.3, -0.25) is 4.79 Å². The number of rotatable bonds is 4. The van der Waals surface area contributed by atoms with Gasteiger partial charge in [0.25, 0.3) is 0 Å². The van der Waals surface area contributed by atoms with Crippen LogP contribution in [0.1, 0.15) is 47.9 Å². The van der Waals surface area contributed by atoms with Crippen LogP contribution < -0.4 is 0 Å². The molecule has 2 saturated heterocycles. The molecule has 2 fully saturated rings. The number of aryl methyl sites for hydroxylation is 2. The maximum absolute atomic E-state index is 15.0. The number of likely N-dealkylation sites (tertiary alicyclic amines) is 1. The lowest BCUT2D eigenvalue weighted by Crippen LogP contribution is -2.54. The third-order valence-electron chi connectivity index (χ3n) is 9.03. The van der Waals surface area contributed by atoms with Gasteiger partial charge >= 0.3 is 18.0 Å². The Morgan fingerprint density at radius 3 is 2.14 bits per heavy atom. The Morgan fingerprint density at radius 1 is 0.930 bits per heavy atom. The Labute approximate surface area is 244 Å². The molecule has 6 nitrogen and oxygen atoms in total. The van der Waals surface area contributed by atoms with E-state index in [1.165, 1.54) is 23.1 Å². The Kier molecular flexibility index (Phi) is 7.51. The van der Waals surface area contributed by atoms with Gasteiger partial charge < -0.3 is 4.90 Å². The molecular formula is C28H28F7NO5S2. The number of hydrogen-bond donors (Lipinski definition) is 0. The van der Waals surface area contributed by atoms with Crippen molar-refractivity contribution in [3.63, 3.8) is 0 Å². The first-order valence-electron chi connectivity index (χ1n) is 13.5.